The van der Waals surface area contributed by atoms with Crippen LogP contribution >= 0.6 is 11.3 Å². The van der Waals surface area contributed by atoms with Crippen LogP contribution in [0, 0.1) is 6.92 Å². The topological polar surface area (TPSA) is 17.3 Å². The summed E-state index contributed by atoms with van der Waals surface area (Å²) in [5.41, 5.74) is 3.69. The average molecular weight is 369 g/mol. The first-order chi connectivity index (χ1) is 13.3. The van der Waals surface area contributed by atoms with Gasteiger partial charge in [0.2, 0.25) is 0 Å². The van der Waals surface area contributed by atoms with Crippen LogP contribution in [0.5, 0.6) is 0 Å². The molecule has 1 aromatic heterocycles. The highest BCUT2D eigenvalue weighted by atomic mass is 32.1. The Balaban J connectivity index is 2.07. The molecule has 4 aromatic carbocycles. The minimum Gasteiger partial charge on any atom is -0.285 e. The quantitative estimate of drug-likeness (QED) is 0.329. The summed E-state index contributed by atoms with van der Waals surface area (Å²) in [6.45, 7) is 5.00. The molecule has 0 amide bonds. The summed E-state index contributed by atoms with van der Waals surface area (Å²) in [6.07, 6.45) is 0. The zero-order chi connectivity index (χ0) is 18.4. The molecule has 0 aliphatic rings. The van der Waals surface area contributed by atoms with E-state index in [4.69, 9.17) is 4.99 Å². The van der Waals surface area contributed by atoms with Crippen LogP contribution in [0.1, 0.15) is 12.5 Å². The second kappa shape index (κ2) is 6.36. The standard InChI is InChI=1S/C24H20N2S/c1-3-25-24-26(17-14-12-16(2)13-15-17)22-20-10-6-4-8-18(20)19-9-5-7-11-21(19)23(22)27-24/h4-15H,3H2,1-2H3. The maximum Gasteiger partial charge on any atom is 0.190 e. The van der Waals surface area contributed by atoms with Gasteiger partial charge in [-0.25, -0.2) is 0 Å². The molecule has 0 unspecified atom stereocenters. The molecular formula is C24H20N2S. The lowest BCUT2D eigenvalue weighted by Gasteiger charge is -2.11. The van der Waals surface area contributed by atoms with Crippen molar-refractivity contribution in [2.24, 2.45) is 4.99 Å². The molecule has 0 atom stereocenters. The first-order valence-corrected chi connectivity index (χ1v) is 10.1. The van der Waals surface area contributed by atoms with Crippen LogP contribution in [-0.2, 0) is 0 Å². The van der Waals surface area contributed by atoms with Gasteiger partial charge in [-0.1, -0.05) is 77.6 Å². The molecule has 3 heteroatoms. The van der Waals surface area contributed by atoms with Gasteiger partial charge in [-0.15, -0.1) is 0 Å². The summed E-state index contributed by atoms with van der Waals surface area (Å²) in [5.74, 6) is 0. The summed E-state index contributed by atoms with van der Waals surface area (Å²) in [7, 11) is 0. The van der Waals surface area contributed by atoms with E-state index in [1.807, 2.05) is 0 Å². The Morgan fingerprint density at radius 3 is 2.04 bits per heavy atom. The SMILES string of the molecule is CCN=c1sc2c3ccccc3c3ccccc3c2n1-c1ccc(C)cc1. The molecule has 0 fully saturated rings. The van der Waals surface area contributed by atoms with Crippen LogP contribution in [0.25, 0.3) is 37.4 Å². The van der Waals surface area contributed by atoms with Gasteiger partial charge in [0.25, 0.3) is 0 Å². The summed E-state index contributed by atoms with van der Waals surface area (Å²) in [4.78, 5) is 5.89. The summed E-state index contributed by atoms with van der Waals surface area (Å²) in [5, 5.41) is 5.18. The Hall–Kier alpha value is -2.91. The van der Waals surface area contributed by atoms with Gasteiger partial charge < -0.3 is 0 Å². The smallest absolute Gasteiger partial charge is 0.190 e. The molecule has 132 valence electrons. The lowest BCUT2D eigenvalue weighted by molar-refractivity contribution is 0.972. The Labute approximate surface area is 162 Å². The van der Waals surface area contributed by atoms with Crippen molar-refractivity contribution in [1.82, 2.24) is 4.57 Å². The summed E-state index contributed by atoms with van der Waals surface area (Å²) in [6, 6.07) is 26.2. The number of hydrogen-bond donors (Lipinski definition) is 0. The molecule has 0 aliphatic carbocycles. The molecule has 1 heterocycles. The zero-order valence-corrected chi connectivity index (χ0v) is 16.3. The molecule has 27 heavy (non-hydrogen) atoms. The van der Waals surface area contributed by atoms with E-state index >= 15 is 0 Å². The molecule has 5 aromatic rings. The van der Waals surface area contributed by atoms with Gasteiger partial charge in [0.05, 0.1) is 10.2 Å². The minimum atomic E-state index is 0.772. The van der Waals surface area contributed by atoms with Crippen molar-refractivity contribution in [3.05, 3.63) is 83.2 Å². The normalized spacial score (nSPS) is 12.4. The van der Waals surface area contributed by atoms with Crippen LogP contribution in [0.2, 0.25) is 0 Å². The molecule has 0 N–H and O–H groups in total. The third-order valence-electron chi connectivity index (χ3n) is 5.05. The molecule has 5 rings (SSSR count). The van der Waals surface area contributed by atoms with Gasteiger partial charge in [-0.05, 0) is 36.8 Å². The highest BCUT2D eigenvalue weighted by Crippen LogP contribution is 2.37. The molecule has 0 aliphatic heterocycles. The lowest BCUT2D eigenvalue weighted by atomic mass is 10.0. The van der Waals surface area contributed by atoms with Gasteiger partial charge in [-0.3, -0.25) is 9.56 Å². The number of aromatic nitrogens is 1. The van der Waals surface area contributed by atoms with Crippen LogP contribution in [0.4, 0.5) is 0 Å². The van der Waals surface area contributed by atoms with Crippen molar-refractivity contribution in [3.8, 4) is 5.69 Å². The van der Waals surface area contributed by atoms with E-state index in [1.54, 1.807) is 11.3 Å². The van der Waals surface area contributed by atoms with E-state index in [0.29, 0.717) is 0 Å². The number of aryl methyl sites for hydroxylation is 1. The number of thiazole rings is 1. The zero-order valence-electron chi connectivity index (χ0n) is 15.4. The van der Waals surface area contributed by atoms with Crippen LogP contribution in [0.15, 0.2) is 77.8 Å². The molecule has 0 radical (unpaired) electrons. The molecule has 0 saturated carbocycles. The summed E-state index contributed by atoms with van der Waals surface area (Å²) < 4.78 is 3.63. The third-order valence-corrected chi connectivity index (χ3v) is 6.16. The van der Waals surface area contributed by atoms with E-state index in [2.05, 4.69) is 91.2 Å². The van der Waals surface area contributed by atoms with E-state index < -0.39 is 0 Å². The molecule has 0 bridgehead atoms. The van der Waals surface area contributed by atoms with Crippen LogP contribution in [-0.4, -0.2) is 11.1 Å². The average Bonchev–Trinajstić information content (AvgIpc) is 3.09. The van der Waals surface area contributed by atoms with Crippen LogP contribution < -0.4 is 4.80 Å². The first kappa shape index (κ1) is 16.3. The Bertz CT molecular complexity index is 1350. The predicted molar refractivity (Wildman–Crippen MR) is 117 cm³/mol. The largest absolute Gasteiger partial charge is 0.285 e. The fourth-order valence-electron chi connectivity index (χ4n) is 3.82. The summed E-state index contributed by atoms with van der Waals surface area (Å²) >= 11 is 1.79. The first-order valence-electron chi connectivity index (χ1n) is 9.30. The predicted octanol–water partition coefficient (Wildman–Crippen LogP) is 6.23. The Morgan fingerprint density at radius 1 is 0.778 bits per heavy atom. The fraction of sp³-hybridized carbons (Fsp3) is 0.125. The highest BCUT2D eigenvalue weighted by molar-refractivity contribution is 7.17. The van der Waals surface area contributed by atoms with Crippen molar-refractivity contribution >= 4 is 43.1 Å². The van der Waals surface area contributed by atoms with Gasteiger partial charge in [0.15, 0.2) is 4.80 Å². The van der Waals surface area contributed by atoms with Crippen molar-refractivity contribution in [2.45, 2.75) is 13.8 Å². The fourth-order valence-corrected chi connectivity index (χ4v) is 5.07. The van der Waals surface area contributed by atoms with Crippen molar-refractivity contribution in [2.75, 3.05) is 6.54 Å². The Kier molecular flexibility index (Phi) is 3.83. The maximum atomic E-state index is 4.84. The number of nitrogens with zero attached hydrogens (tertiary/aromatic N) is 2. The maximum absolute atomic E-state index is 4.84. The van der Waals surface area contributed by atoms with E-state index in [9.17, 15) is 0 Å². The van der Waals surface area contributed by atoms with Gasteiger partial charge in [-0.2, -0.15) is 0 Å². The molecule has 0 spiro atoms. The van der Waals surface area contributed by atoms with E-state index in [-0.39, 0.29) is 0 Å². The number of fused-ring (bicyclic) bond motifs is 6. The van der Waals surface area contributed by atoms with Crippen molar-refractivity contribution < 1.29 is 0 Å². The number of rotatable bonds is 2. The second-order valence-corrected chi connectivity index (χ2v) is 7.78. The second-order valence-electron chi connectivity index (χ2n) is 6.80. The third kappa shape index (κ3) is 2.50. The lowest BCUT2D eigenvalue weighted by Crippen LogP contribution is -2.13. The van der Waals surface area contributed by atoms with Crippen molar-refractivity contribution in [3.63, 3.8) is 0 Å². The number of hydrogen-bond acceptors (Lipinski definition) is 2. The molecule has 0 saturated heterocycles. The van der Waals surface area contributed by atoms with Gasteiger partial charge in [0, 0.05) is 23.0 Å². The Morgan fingerprint density at radius 2 is 1.37 bits per heavy atom. The monoisotopic (exact) mass is 368 g/mol. The molecule has 2 nitrogen and oxygen atoms in total. The number of benzene rings is 4. The minimum absolute atomic E-state index is 0.772. The van der Waals surface area contributed by atoms with E-state index in [1.165, 1.54) is 43.0 Å². The van der Waals surface area contributed by atoms with Crippen molar-refractivity contribution in [1.29, 1.82) is 0 Å². The van der Waals surface area contributed by atoms with Crippen LogP contribution in [0.3, 0.4) is 0 Å². The van der Waals surface area contributed by atoms with Gasteiger partial charge >= 0.3 is 0 Å². The molecular weight excluding hydrogens is 348 g/mol. The van der Waals surface area contributed by atoms with Gasteiger partial charge in [0.1, 0.15) is 0 Å². The highest BCUT2D eigenvalue weighted by Gasteiger charge is 2.15. The van der Waals surface area contributed by atoms with E-state index in [0.717, 1.165) is 11.3 Å².